The smallest absolute Gasteiger partial charge is 0.0917 e. The minimum atomic E-state index is 1.11. The molecule has 0 aliphatic rings. The van der Waals surface area contributed by atoms with Gasteiger partial charge in [-0.1, -0.05) is 6.92 Å². The van der Waals surface area contributed by atoms with Gasteiger partial charge in [0.15, 0.2) is 0 Å². The third-order valence-electron chi connectivity index (χ3n) is 0.561. The summed E-state index contributed by atoms with van der Waals surface area (Å²) in [5.41, 5.74) is 0. The Kier molecular flexibility index (Phi) is 6.23. The van der Waals surface area contributed by atoms with Gasteiger partial charge in [0.1, 0.15) is 0 Å². The van der Waals surface area contributed by atoms with Gasteiger partial charge in [-0.3, -0.25) is 0 Å². The summed E-state index contributed by atoms with van der Waals surface area (Å²) in [5.74, 6) is 1.11. The fraction of sp³-hybridized carbons (Fsp3) is 0.500. The van der Waals surface area contributed by atoms with Crippen molar-refractivity contribution in [2.45, 2.75) is 13.3 Å². The summed E-state index contributed by atoms with van der Waals surface area (Å²) in [7, 11) is 0. The van der Waals surface area contributed by atoms with Gasteiger partial charge in [-0.25, -0.2) is 0 Å². The molecule has 0 N–H and O–H groups in total. The van der Waals surface area contributed by atoms with E-state index in [1.807, 2.05) is 11.5 Å². The molecule has 0 atom stereocenters. The minimum absolute atomic E-state index is 1.11. The van der Waals surface area contributed by atoms with E-state index in [0.29, 0.717) is 0 Å². The van der Waals surface area contributed by atoms with Crippen molar-refractivity contribution in [3.63, 3.8) is 0 Å². The highest BCUT2D eigenvalue weighted by atomic mass is 32.2. The lowest BCUT2D eigenvalue weighted by atomic mass is 10.6. The summed E-state index contributed by atoms with van der Waals surface area (Å²) in [6, 6.07) is 1.93. The average Bonchev–Trinajstić information content (AvgIpc) is 1.81. The van der Waals surface area contributed by atoms with Crippen molar-refractivity contribution in [3.8, 4) is 6.07 Å². The molecule has 0 bridgehead atoms. The molecule has 0 aromatic carbocycles. The van der Waals surface area contributed by atoms with Gasteiger partial charge >= 0.3 is 0 Å². The van der Waals surface area contributed by atoms with E-state index < -0.39 is 0 Å². The number of hydrogen-bond acceptors (Lipinski definition) is 2. The highest BCUT2D eigenvalue weighted by Gasteiger charge is 1.74. The second-order valence-corrected chi connectivity index (χ2v) is 2.32. The molecule has 8 heavy (non-hydrogen) atoms. The zero-order valence-corrected chi connectivity index (χ0v) is 5.74. The van der Waals surface area contributed by atoms with Gasteiger partial charge in [0.25, 0.3) is 0 Å². The van der Waals surface area contributed by atoms with Crippen LogP contribution in [0.1, 0.15) is 13.3 Å². The van der Waals surface area contributed by atoms with Crippen molar-refractivity contribution in [3.05, 3.63) is 11.5 Å². The number of hydrogen-bond donors (Lipinski definition) is 0. The zero-order valence-electron chi connectivity index (χ0n) is 4.92. The molecule has 44 valence electrons. The summed E-state index contributed by atoms with van der Waals surface area (Å²) < 4.78 is 0. The fourth-order valence-electron chi connectivity index (χ4n) is 0.264. The van der Waals surface area contributed by atoms with Gasteiger partial charge in [0.05, 0.1) is 6.07 Å². The number of nitriles is 1. The Labute approximate surface area is 54.4 Å². The summed E-state index contributed by atoms with van der Waals surface area (Å²) in [6.07, 6.45) is 2.67. The molecule has 2 heteroatoms. The van der Waals surface area contributed by atoms with Gasteiger partial charge in [-0.2, -0.15) is 5.26 Å². The van der Waals surface area contributed by atoms with Gasteiger partial charge in [0.2, 0.25) is 0 Å². The fourth-order valence-corrected chi connectivity index (χ4v) is 0.793. The first kappa shape index (κ1) is 7.58. The molecule has 0 aromatic rings. The zero-order chi connectivity index (χ0) is 6.24. The Balaban J connectivity index is 2.94. The second kappa shape index (κ2) is 6.58. The number of allylic oxidation sites excluding steroid dienone is 1. The van der Waals surface area contributed by atoms with Gasteiger partial charge in [-0.15, -0.1) is 11.8 Å². The first-order valence-corrected chi connectivity index (χ1v) is 3.63. The molecule has 0 saturated carbocycles. The van der Waals surface area contributed by atoms with Crippen LogP contribution in [0.15, 0.2) is 11.5 Å². The molecule has 1 nitrogen and oxygen atoms in total. The van der Waals surface area contributed by atoms with Crippen LogP contribution in [0.4, 0.5) is 0 Å². The van der Waals surface area contributed by atoms with Crippen LogP contribution >= 0.6 is 11.8 Å². The minimum Gasteiger partial charge on any atom is -0.193 e. The summed E-state index contributed by atoms with van der Waals surface area (Å²) in [5, 5.41) is 9.84. The van der Waals surface area contributed by atoms with Crippen LogP contribution in [0.3, 0.4) is 0 Å². The van der Waals surface area contributed by atoms with Crippen molar-refractivity contribution in [1.82, 2.24) is 0 Å². The van der Waals surface area contributed by atoms with Crippen molar-refractivity contribution < 1.29 is 0 Å². The first-order valence-electron chi connectivity index (χ1n) is 2.58. The molecule has 0 saturated heterocycles. The molecule has 0 aliphatic heterocycles. The van der Waals surface area contributed by atoms with E-state index in [0.717, 1.165) is 5.75 Å². The molecule has 0 unspecified atom stereocenters. The SMILES string of the molecule is CCCSC=CC#N. The Morgan fingerprint density at radius 1 is 1.75 bits per heavy atom. The predicted octanol–water partition coefficient (Wildman–Crippen LogP) is 2.17. The quantitative estimate of drug-likeness (QED) is 0.428. The van der Waals surface area contributed by atoms with E-state index in [4.69, 9.17) is 5.26 Å². The van der Waals surface area contributed by atoms with Crippen LogP contribution in [0.5, 0.6) is 0 Å². The topological polar surface area (TPSA) is 23.8 Å². The van der Waals surface area contributed by atoms with Crippen LogP contribution < -0.4 is 0 Å². The van der Waals surface area contributed by atoms with Crippen molar-refractivity contribution in [2.75, 3.05) is 5.75 Å². The average molecular weight is 127 g/mol. The third-order valence-corrected chi connectivity index (χ3v) is 1.53. The number of thioether (sulfide) groups is 1. The van der Waals surface area contributed by atoms with Crippen LogP contribution in [-0.2, 0) is 0 Å². The standard InChI is InChI=1S/C6H9NS/c1-2-5-8-6-3-4-7/h3,6H,2,5H2,1H3. The molecule has 0 rings (SSSR count). The molecule has 0 heterocycles. The lowest BCUT2D eigenvalue weighted by molar-refractivity contribution is 1.11. The van der Waals surface area contributed by atoms with Gasteiger partial charge < -0.3 is 0 Å². The largest absolute Gasteiger partial charge is 0.193 e. The summed E-state index contributed by atoms with van der Waals surface area (Å²) in [4.78, 5) is 0. The van der Waals surface area contributed by atoms with E-state index in [2.05, 4.69) is 6.92 Å². The van der Waals surface area contributed by atoms with Crippen LogP contribution in [0.2, 0.25) is 0 Å². The Morgan fingerprint density at radius 2 is 2.50 bits per heavy atom. The lowest BCUT2D eigenvalue weighted by Crippen LogP contribution is -1.65. The van der Waals surface area contributed by atoms with E-state index in [1.165, 1.54) is 12.5 Å². The van der Waals surface area contributed by atoms with Crippen molar-refractivity contribution in [2.24, 2.45) is 0 Å². The Hall–Kier alpha value is -0.420. The van der Waals surface area contributed by atoms with Gasteiger partial charge in [-0.05, 0) is 17.6 Å². The molecular formula is C6H9NS. The first-order chi connectivity index (χ1) is 3.91. The predicted molar refractivity (Wildman–Crippen MR) is 37.5 cm³/mol. The number of rotatable bonds is 3. The molecule has 0 amide bonds. The molecule has 0 fully saturated rings. The normalized spacial score (nSPS) is 9.50. The maximum Gasteiger partial charge on any atom is 0.0917 e. The van der Waals surface area contributed by atoms with E-state index in [9.17, 15) is 0 Å². The molecule has 0 spiro atoms. The van der Waals surface area contributed by atoms with Crippen LogP contribution in [-0.4, -0.2) is 5.75 Å². The van der Waals surface area contributed by atoms with Crippen molar-refractivity contribution >= 4 is 11.8 Å². The third kappa shape index (κ3) is 5.58. The highest BCUT2D eigenvalue weighted by Crippen LogP contribution is 2.01. The molecule has 0 radical (unpaired) electrons. The Bertz CT molecular complexity index is 102. The monoisotopic (exact) mass is 127 g/mol. The van der Waals surface area contributed by atoms with Crippen LogP contribution in [0.25, 0.3) is 0 Å². The highest BCUT2D eigenvalue weighted by molar-refractivity contribution is 8.02. The maximum atomic E-state index is 8.02. The molecule has 0 aliphatic carbocycles. The van der Waals surface area contributed by atoms with Crippen LogP contribution in [0, 0.1) is 11.3 Å². The van der Waals surface area contributed by atoms with Gasteiger partial charge in [0, 0.05) is 6.08 Å². The molecule has 0 aromatic heterocycles. The van der Waals surface area contributed by atoms with E-state index in [1.54, 1.807) is 11.8 Å². The van der Waals surface area contributed by atoms with Crippen molar-refractivity contribution in [1.29, 1.82) is 5.26 Å². The second-order valence-electron chi connectivity index (χ2n) is 1.30. The Morgan fingerprint density at radius 3 is 3.00 bits per heavy atom. The summed E-state index contributed by atoms with van der Waals surface area (Å²) >= 11 is 1.67. The number of nitrogens with zero attached hydrogens (tertiary/aromatic N) is 1. The molecular weight excluding hydrogens is 118 g/mol. The van der Waals surface area contributed by atoms with E-state index in [-0.39, 0.29) is 0 Å². The summed E-state index contributed by atoms with van der Waals surface area (Å²) in [6.45, 7) is 2.12. The maximum absolute atomic E-state index is 8.02. The lowest BCUT2D eigenvalue weighted by Gasteiger charge is -1.83. The van der Waals surface area contributed by atoms with E-state index >= 15 is 0 Å².